The third-order valence-corrected chi connectivity index (χ3v) is 5.01. The molecule has 1 aliphatic rings. The summed E-state index contributed by atoms with van der Waals surface area (Å²) in [6.07, 6.45) is 1.98. The van der Waals surface area contributed by atoms with Crippen molar-refractivity contribution in [1.29, 1.82) is 0 Å². The van der Waals surface area contributed by atoms with E-state index in [4.69, 9.17) is 16.3 Å². The summed E-state index contributed by atoms with van der Waals surface area (Å²) in [5.41, 5.74) is 0.982. The van der Waals surface area contributed by atoms with Crippen molar-refractivity contribution in [3.8, 4) is 5.75 Å². The summed E-state index contributed by atoms with van der Waals surface area (Å²) in [6, 6.07) is 6.06. The number of halogens is 1. The molecule has 0 aromatic heterocycles. The van der Waals surface area contributed by atoms with Crippen LogP contribution in [-0.4, -0.2) is 41.9 Å². The molecule has 1 heterocycles. The number of hydrogen-bond donors (Lipinski definition) is 2. The molecule has 1 aromatic carbocycles. The normalized spacial score (nSPS) is 20.6. The zero-order valence-electron chi connectivity index (χ0n) is 11.8. The summed E-state index contributed by atoms with van der Waals surface area (Å²) in [4.78, 5) is 0. The second kappa shape index (κ2) is 8.13. The topological polar surface area (TPSA) is 41.5 Å². The van der Waals surface area contributed by atoms with E-state index in [1.807, 2.05) is 36.9 Å². The Bertz CT molecular complexity index is 424. The van der Waals surface area contributed by atoms with E-state index in [1.165, 1.54) is 18.6 Å². The van der Waals surface area contributed by atoms with E-state index in [2.05, 4.69) is 5.32 Å². The van der Waals surface area contributed by atoms with Crippen molar-refractivity contribution in [1.82, 2.24) is 5.32 Å². The van der Waals surface area contributed by atoms with Crippen LogP contribution in [-0.2, 0) is 0 Å². The quantitative estimate of drug-likeness (QED) is 0.847. The lowest BCUT2D eigenvalue weighted by molar-refractivity contribution is 0.104. The number of nitrogens with one attached hydrogen (secondary N) is 1. The number of thioether (sulfide) groups is 1. The first-order valence-electron chi connectivity index (χ1n) is 7.03. The van der Waals surface area contributed by atoms with Crippen molar-refractivity contribution in [2.24, 2.45) is 0 Å². The Labute approximate surface area is 130 Å². The van der Waals surface area contributed by atoms with Crippen LogP contribution < -0.4 is 10.1 Å². The first-order chi connectivity index (χ1) is 9.65. The van der Waals surface area contributed by atoms with Crippen LogP contribution in [0.4, 0.5) is 0 Å². The van der Waals surface area contributed by atoms with Gasteiger partial charge in [-0.15, -0.1) is 0 Å². The standard InChI is InChI=1S/C15H22ClNO2S/c1-11-7-14(4-5-15(11)16)19-9-13(18)8-17-12-3-2-6-20-10-12/h4-5,7,12-13,17-18H,2-3,6,8-10H2,1H3. The van der Waals surface area contributed by atoms with Crippen LogP contribution in [0.5, 0.6) is 5.75 Å². The fourth-order valence-corrected chi connectivity index (χ4v) is 3.39. The monoisotopic (exact) mass is 315 g/mol. The number of aryl methyl sites for hydroxylation is 1. The minimum Gasteiger partial charge on any atom is -0.491 e. The zero-order chi connectivity index (χ0) is 14.4. The SMILES string of the molecule is Cc1cc(OCC(O)CNC2CCCSC2)ccc1Cl. The molecular formula is C15H22ClNO2S. The van der Waals surface area contributed by atoms with Gasteiger partial charge in [-0.1, -0.05) is 11.6 Å². The Balaban J connectivity index is 1.68. The van der Waals surface area contributed by atoms with Gasteiger partial charge < -0.3 is 15.2 Å². The lowest BCUT2D eigenvalue weighted by Gasteiger charge is -2.24. The Morgan fingerprint density at radius 1 is 1.55 bits per heavy atom. The van der Waals surface area contributed by atoms with Crippen molar-refractivity contribution in [2.45, 2.75) is 31.9 Å². The summed E-state index contributed by atoms with van der Waals surface area (Å²) in [7, 11) is 0. The molecule has 20 heavy (non-hydrogen) atoms. The molecule has 0 aliphatic carbocycles. The third kappa shape index (κ3) is 5.17. The van der Waals surface area contributed by atoms with Crippen LogP contribution in [0.3, 0.4) is 0 Å². The first kappa shape index (κ1) is 16.0. The second-order valence-electron chi connectivity index (χ2n) is 5.20. The van der Waals surface area contributed by atoms with E-state index in [0.717, 1.165) is 22.1 Å². The second-order valence-corrected chi connectivity index (χ2v) is 6.76. The Morgan fingerprint density at radius 2 is 2.40 bits per heavy atom. The molecule has 2 atom stereocenters. The van der Waals surface area contributed by atoms with Crippen molar-refractivity contribution < 1.29 is 9.84 Å². The predicted octanol–water partition coefficient (Wildman–Crippen LogP) is 2.87. The maximum absolute atomic E-state index is 9.94. The largest absolute Gasteiger partial charge is 0.491 e. The van der Waals surface area contributed by atoms with E-state index >= 15 is 0 Å². The van der Waals surface area contributed by atoms with Crippen molar-refractivity contribution in [3.05, 3.63) is 28.8 Å². The highest BCUT2D eigenvalue weighted by Crippen LogP contribution is 2.21. The molecule has 1 aliphatic heterocycles. The van der Waals surface area contributed by atoms with E-state index in [9.17, 15) is 5.11 Å². The molecule has 112 valence electrons. The van der Waals surface area contributed by atoms with Crippen molar-refractivity contribution in [2.75, 3.05) is 24.7 Å². The van der Waals surface area contributed by atoms with Gasteiger partial charge in [0.15, 0.2) is 0 Å². The minimum absolute atomic E-state index is 0.300. The maximum atomic E-state index is 9.94. The molecule has 5 heteroatoms. The van der Waals surface area contributed by atoms with E-state index < -0.39 is 6.10 Å². The average molecular weight is 316 g/mol. The van der Waals surface area contributed by atoms with Gasteiger partial charge in [0.1, 0.15) is 18.5 Å². The highest BCUT2D eigenvalue weighted by Gasteiger charge is 2.14. The molecule has 0 bridgehead atoms. The summed E-state index contributed by atoms with van der Waals surface area (Å²) in [5.74, 6) is 3.16. The Kier molecular flexibility index (Phi) is 6.49. The van der Waals surface area contributed by atoms with Gasteiger partial charge in [0.2, 0.25) is 0 Å². The minimum atomic E-state index is -0.488. The van der Waals surface area contributed by atoms with Gasteiger partial charge in [0.25, 0.3) is 0 Å². The van der Waals surface area contributed by atoms with Gasteiger partial charge in [0, 0.05) is 23.4 Å². The molecule has 0 radical (unpaired) electrons. The molecule has 2 rings (SSSR count). The smallest absolute Gasteiger partial charge is 0.119 e. The molecule has 0 spiro atoms. The highest BCUT2D eigenvalue weighted by molar-refractivity contribution is 7.99. The Morgan fingerprint density at radius 3 is 3.10 bits per heavy atom. The van der Waals surface area contributed by atoms with Gasteiger partial charge in [-0.25, -0.2) is 0 Å². The van der Waals surface area contributed by atoms with Gasteiger partial charge in [-0.05, 0) is 49.3 Å². The summed E-state index contributed by atoms with van der Waals surface area (Å²) in [5, 5.41) is 14.1. The Hall–Kier alpha value is -0.420. The van der Waals surface area contributed by atoms with Crippen LogP contribution in [0.1, 0.15) is 18.4 Å². The van der Waals surface area contributed by atoms with Gasteiger partial charge in [0.05, 0.1) is 0 Å². The fourth-order valence-electron chi connectivity index (χ4n) is 2.16. The molecular weight excluding hydrogens is 294 g/mol. The maximum Gasteiger partial charge on any atom is 0.119 e. The van der Waals surface area contributed by atoms with Crippen LogP contribution in [0, 0.1) is 6.92 Å². The third-order valence-electron chi connectivity index (χ3n) is 3.37. The number of ether oxygens (including phenoxy) is 1. The van der Waals surface area contributed by atoms with E-state index in [-0.39, 0.29) is 0 Å². The lowest BCUT2D eigenvalue weighted by atomic mass is 10.2. The summed E-state index contributed by atoms with van der Waals surface area (Å²) >= 11 is 7.94. The molecule has 0 amide bonds. The van der Waals surface area contributed by atoms with E-state index in [1.54, 1.807) is 0 Å². The average Bonchev–Trinajstić information content (AvgIpc) is 2.47. The number of rotatable bonds is 6. The number of aliphatic hydroxyl groups is 1. The summed E-state index contributed by atoms with van der Waals surface area (Å²) < 4.78 is 5.59. The fraction of sp³-hybridized carbons (Fsp3) is 0.600. The van der Waals surface area contributed by atoms with Crippen LogP contribution in [0.15, 0.2) is 18.2 Å². The van der Waals surface area contributed by atoms with E-state index in [0.29, 0.717) is 19.2 Å². The predicted molar refractivity (Wildman–Crippen MR) is 86.0 cm³/mol. The molecule has 2 N–H and O–H groups in total. The molecule has 1 fully saturated rings. The molecule has 1 saturated heterocycles. The number of benzene rings is 1. The number of hydrogen-bond acceptors (Lipinski definition) is 4. The summed E-state index contributed by atoms with van der Waals surface area (Å²) in [6.45, 7) is 2.82. The molecule has 3 nitrogen and oxygen atoms in total. The molecule has 2 unspecified atom stereocenters. The van der Waals surface area contributed by atoms with Crippen LogP contribution in [0.25, 0.3) is 0 Å². The van der Waals surface area contributed by atoms with Gasteiger partial charge in [-0.2, -0.15) is 11.8 Å². The highest BCUT2D eigenvalue weighted by atomic mass is 35.5. The van der Waals surface area contributed by atoms with Gasteiger partial charge >= 0.3 is 0 Å². The zero-order valence-corrected chi connectivity index (χ0v) is 13.3. The van der Waals surface area contributed by atoms with Crippen LogP contribution >= 0.6 is 23.4 Å². The van der Waals surface area contributed by atoms with Gasteiger partial charge in [-0.3, -0.25) is 0 Å². The lowest BCUT2D eigenvalue weighted by Crippen LogP contribution is -2.40. The van der Waals surface area contributed by atoms with Crippen molar-refractivity contribution >= 4 is 23.4 Å². The molecule has 0 saturated carbocycles. The van der Waals surface area contributed by atoms with Crippen molar-refractivity contribution in [3.63, 3.8) is 0 Å². The first-order valence-corrected chi connectivity index (χ1v) is 8.56. The molecule has 1 aromatic rings. The van der Waals surface area contributed by atoms with Crippen LogP contribution in [0.2, 0.25) is 5.02 Å². The number of aliphatic hydroxyl groups excluding tert-OH is 1.